The van der Waals surface area contributed by atoms with Gasteiger partial charge in [-0.05, 0) is 0 Å². The molecule has 0 fully saturated rings. The molecular formula is C5H6Zn. The molecule has 1 heteroatoms. The first-order valence-corrected chi connectivity index (χ1v) is 1.41. The van der Waals surface area contributed by atoms with Crippen LogP contribution in [0.4, 0.5) is 0 Å². The zero-order valence-electron chi connectivity index (χ0n) is 3.72. The van der Waals surface area contributed by atoms with Crippen molar-refractivity contribution < 1.29 is 19.5 Å². The molecule has 0 unspecified atom stereocenters. The van der Waals surface area contributed by atoms with Crippen molar-refractivity contribution in [2.24, 2.45) is 0 Å². The fourth-order valence-corrected chi connectivity index (χ4v) is 0.0786. The first-order chi connectivity index (χ1) is 2.41. The smallest absolute Gasteiger partial charge is 0.293 e. The molecule has 0 atom stereocenters. The van der Waals surface area contributed by atoms with Gasteiger partial charge in [0.15, 0.2) is 0 Å². The van der Waals surface area contributed by atoms with Crippen molar-refractivity contribution in [2.75, 3.05) is 0 Å². The Balaban J connectivity index is 0. The van der Waals surface area contributed by atoms with Crippen LogP contribution in [0, 0.1) is 13.5 Å². The third-order valence-electron chi connectivity index (χ3n) is 0.247. The monoisotopic (exact) mass is 130 g/mol. The van der Waals surface area contributed by atoms with E-state index in [1.165, 1.54) is 6.08 Å². The Labute approximate surface area is 51.7 Å². The van der Waals surface area contributed by atoms with Gasteiger partial charge in [0.25, 0.3) is 0 Å². The van der Waals surface area contributed by atoms with E-state index in [-0.39, 0.29) is 19.5 Å². The average Bonchev–Trinajstić information content (AvgIpc) is 1.41. The maximum Gasteiger partial charge on any atom is 2.00 e. The number of hydrogen-bond donors (Lipinski definition) is 0. The van der Waals surface area contributed by atoms with Gasteiger partial charge in [0.05, 0.1) is 0 Å². The van der Waals surface area contributed by atoms with Crippen LogP contribution >= 0.6 is 0 Å². The van der Waals surface area contributed by atoms with Crippen LogP contribution in [0.2, 0.25) is 0 Å². The molecule has 0 heterocycles. The van der Waals surface area contributed by atoms with Crippen LogP contribution in [0.1, 0.15) is 0 Å². The Morgan fingerprint density at radius 1 is 1.50 bits per heavy atom. The van der Waals surface area contributed by atoms with E-state index >= 15 is 0 Å². The van der Waals surface area contributed by atoms with Crippen LogP contribution in [-0.4, -0.2) is 0 Å². The van der Waals surface area contributed by atoms with Crippen LogP contribution in [0.3, 0.4) is 0 Å². The summed E-state index contributed by atoms with van der Waals surface area (Å²) in [4.78, 5) is 0. The largest absolute Gasteiger partial charge is 2.00 e. The molecule has 28 valence electrons. The molecule has 0 aliphatic carbocycles. The van der Waals surface area contributed by atoms with Crippen LogP contribution in [0.5, 0.6) is 0 Å². The minimum Gasteiger partial charge on any atom is -0.293 e. The predicted octanol–water partition coefficient (Wildman–Crippen LogP) is 1.36. The van der Waals surface area contributed by atoms with Crippen LogP contribution < -0.4 is 0 Å². The van der Waals surface area contributed by atoms with E-state index in [9.17, 15) is 0 Å². The third-order valence-corrected chi connectivity index (χ3v) is 0.247. The third kappa shape index (κ3) is 9.02. The molecule has 0 rings (SSSR count). The van der Waals surface area contributed by atoms with E-state index < -0.39 is 0 Å². The van der Waals surface area contributed by atoms with Gasteiger partial charge in [-0.1, -0.05) is 0 Å². The van der Waals surface area contributed by atoms with Crippen molar-refractivity contribution in [3.63, 3.8) is 0 Å². The molecule has 0 bridgehead atoms. The number of hydrogen-bond acceptors (Lipinski definition) is 0. The normalized spacial score (nSPS) is 7.33. The van der Waals surface area contributed by atoms with Gasteiger partial charge in [0, 0.05) is 0 Å². The topological polar surface area (TPSA) is 0 Å². The molecule has 0 nitrogen and oxygen atoms in total. The number of allylic oxidation sites excluding steroid dienone is 3. The van der Waals surface area contributed by atoms with E-state index in [1.807, 2.05) is 0 Å². The predicted molar refractivity (Wildman–Crippen MR) is 23.4 cm³/mol. The first kappa shape index (κ1) is 9.36. The molecule has 0 amide bonds. The maximum absolute atomic E-state index is 4.89. The second-order valence-electron chi connectivity index (χ2n) is 0.621. The summed E-state index contributed by atoms with van der Waals surface area (Å²) in [5.74, 6) is 0. The molecule has 0 saturated heterocycles. The molecular weight excluding hydrogens is 125 g/mol. The van der Waals surface area contributed by atoms with E-state index in [2.05, 4.69) is 6.92 Å². The minimum atomic E-state index is 0. The fourth-order valence-electron chi connectivity index (χ4n) is 0.0786. The van der Waals surface area contributed by atoms with Gasteiger partial charge in [-0.2, -0.15) is 0 Å². The van der Waals surface area contributed by atoms with Gasteiger partial charge in [-0.15, -0.1) is 0 Å². The van der Waals surface area contributed by atoms with Crippen molar-refractivity contribution >= 4 is 0 Å². The summed E-state index contributed by atoms with van der Waals surface area (Å²) in [7, 11) is 0. The van der Waals surface area contributed by atoms with Crippen molar-refractivity contribution in [1.82, 2.24) is 0 Å². The van der Waals surface area contributed by atoms with E-state index in [4.69, 9.17) is 6.58 Å². The maximum atomic E-state index is 4.89. The van der Waals surface area contributed by atoms with Gasteiger partial charge >= 0.3 is 19.5 Å². The van der Waals surface area contributed by atoms with Crippen LogP contribution in [0.15, 0.2) is 18.2 Å². The molecule has 0 saturated carbocycles. The SMILES string of the molecule is [CH-]=C/C=C\[CH2-].[Zn+2]. The Morgan fingerprint density at radius 2 is 2.00 bits per heavy atom. The summed E-state index contributed by atoms with van der Waals surface area (Å²) in [6.07, 6.45) is 4.73. The first-order valence-electron chi connectivity index (χ1n) is 1.41. The summed E-state index contributed by atoms with van der Waals surface area (Å²) >= 11 is 0. The van der Waals surface area contributed by atoms with Gasteiger partial charge < -0.3 is 0 Å². The summed E-state index contributed by atoms with van der Waals surface area (Å²) in [6.45, 7) is 8.27. The molecule has 0 spiro atoms. The van der Waals surface area contributed by atoms with Gasteiger partial charge in [0.2, 0.25) is 0 Å². The molecule has 0 aliphatic rings. The van der Waals surface area contributed by atoms with E-state index in [0.29, 0.717) is 0 Å². The number of rotatable bonds is 1. The Morgan fingerprint density at radius 3 is 2.00 bits per heavy atom. The molecule has 0 aliphatic heterocycles. The molecule has 0 aromatic heterocycles. The van der Waals surface area contributed by atoms with E-state index in [0.717, 1.165) is 0 Å². The van der Waals surface area contributed by atoms with Crippen LogP contribution in [-0.2, 0) is 19.5 Å². The minimum absolute atomic E-state index is 0. The standard InChI is InChI=1S/C5H6.Zn/c1-3-5-4-2;/h1,3-5H,2H2;/q-2;+2/b5-4-;. The Hall–Kier alpha value is -0.0266. The van der Waals surface area contributed by atoms with Gasteiger partial charge in [0.1, 0.15) is 0 Å². The quantitative estimate of drug-likeness (QED) is 0.286. The summed E-state index contributed by atoms with van der Waals surface area (Å²) in [5, 5.41) is 0. The molecule has 0 N–H and O–H groups in total. The van der Waals surface area contributed by atoms with Gasteiger partial charge in [-0.25, -0.2) is 25.2 Å². The summed E-state index contributed by atoms with van der Waals surface area (Å²) in [5.41, 5.74) is 0. The van der Waals surface area contributed by atoms with Gasteiger partial charge in [-0.3, -0.25) is 6.58 Å². The van der Waals surface area contributed by atoms with Crippen molar-refractivity contribution in [3.8, 4) is 0 Å². The zero-order chi connectivity index (χ0) is 4.12. The summed E-state index contributed by atoms with van der Waals surface area (Å²) in [6, 6.07) is 0. The fraction of sp³-hybridized carbons (Fsp3) is 0. The Kier molecular flexibility index (Phi) is 13.9. The molecule has 6 heavy (non-hydrogen) atoms. The second-order valence-corrected chi connectivity index (χ2v) is 0.621. The average molecular weight is 131 g/mol. The van der Waals surface area contributed by atoms with Crippen molar-refractivity contribution in [2.45, 2.75) is 0 Å². The molecule has 0 aromatic rings. The van der Waals surface area contributed by atoms with Crippen molar-refractivity contribution in [3.05, 3.63) is 31.7 Å². The molecule has 0 radical (unpaired) electrons. The Bertz CT molecular complexity index is 45.9. The van der Waals surface area contributed by atoms with Crippen LogP contribution in [0.25, 0.3) is 0 Å². The van der Waals surface area contributed by atoms with E-state index in [1.54, 1.807) is 12.2 Å². The van der Waals surface area contributed by atoms with Crippen molar-refractivity contribution in [1.29, 1.82) is 0 Å². The second kappa shape index (κ2) is 8.88. The summed E-state index contributed by atoms with van der Waals surface area (Å²) < 4.78 is 0. The zero-order valence-corrected chi connectivity index (χ0v) is 6.69. The molecule has 0 aromatic carbocycles.